The second-order valence-electron chi connectivity index (χ2n) is 6.00. The topological polar surface area (TPSA) is 46.6 Å². The Balaban J connectivity index is 3.03. The Morgan fingerprint density at radius 2 is 1.90 bits per heavy atom. The molecule has 0 saturated carbocycles. The van der Waals surface area contributed by atoms with Crippen molar-refractivity contribution in [1.82, 2.24) is 4.90 Å². The molecule has 0 heterocycles. The van der Waals surface area contributed by atoms with E-state index < -0.39 is 5.60 Å². The molecular formula is C17H25NO3. The second-order valence-corrected chi connectivity index (χ2v) is 6.00. The van der Waals surface area contributed by atoms with Gasteiger partial charge in [0, 0.05) is 13.0 Å². The van der Waals surface area contributed by atoms with Crippen LogP contribution in [0.2, 0.25) is 0 Å². The highest BCUT2D eigenvalue weighted by Gasteiger charge is 2.28. The average molecular weight is 291 g/mol. The van der Waals surface area contributed by atoms with E-state index in [0.717, 1.165) is 18.3 Å². The lowest BCUT2D eigenvalue weighted by atomic mass is 10.0. The summed E-state index contributed by atoms with van der Waals surface area (Å²) in [6.07, 6.45) is 1.55. The first-order chi connectivity index (χ1) is 9.89. The van der Waals surface area contributed by atoms with Crippen LogP contribution >= 0.6 is 0 Å². The first kappa shape index (κ1) is 17.2. The van der Waals surface area contributed by atoms with Crippen LogP contribution in [0, 0.1) is 0 Å². The maximum atomic E-state index is 12.4. The van der Waals surface area contributed by atoms with Gasteiger partial charge in [-0.05, 0) is 32.8 Å². The van der Waals surface area contributed by atoms with E-state index in [4.69, 9.17) is 4.74 Å². The van der Waals surface area contributed by atoms with Gasteiger partial charge in [0.2, 0.25) is 0 Å². The monoisotopic (exact) mass is 291 g/mol. The number of amides is 1. The lowest BCUT2D eigenvalue weighted by molar-refractivity contribution is -0.108. The van der Waals surface area contributed by atoms with E-state index in [1.165, 1.54) is 0 Å². The van der Waals surface area contributed by atoms with Crippen molar-refractivity contribution in [3.05, 3.63) is 35.9 Å². The smallest absolute Gasteiger partial charge is 0.410 e. The van der Waals surface area contributed by atoms with Crippen molar-refractivity contribution in [3.8, 4) is 0 Å². The van der Waals surface area contributed by atoms with Crippen LogP contribution in [-0.4, -0.2) is 29.4 Å². The number of carbonyl (C=O) groups excluding carboxylic acids is 2. The lowest BCUT2D eigenvalue weighted by Gasteiger charge is -2.33. The molecular weight excluding hydrogens is 266 g/mol. The SMILES string of the molecule is CCCN(C(=O)OC(C)(C)C)C(CC=O)c1ccccc1. The van der Waals surface area contributed by atoms with Crippen LogP contribution in [0.25, 0.3) is 0 Å². The summed E-state index contributed by atoms with van der Waals surface area (Å²) in [6, 6.07) is 9.32. The summed E-state index contributed by atoms with van der Waals surface area (Å²) in [5.74, 6) is 0. The molecule has 0 spiro atoms. The molecule has 21 heavy (non-hydrogen) atoms. The van der Waals surface area contributed by atoms with Crippen LogP contribution < -0.4 is 0 Å². The first-order valence-corrected chi connectivity index (χ1v) is 7.37. The van der Waals surface area contributed by atoms with Gasteiger partial charge in [-0.2, -0.15) is 0 Å². The van der Waals surface area contributed by atoms with E-state index in [9.17, 15) is 9.59 Å². The average Bonchev–Trinajstić information content (AvgIpc) is 2.41. The first-order valence-electron chi connectivity index (χ1n) is 7.37. The number of hydrogen-bond donors (Lipinski definition) is 0. The predicted molar refractivity (Wildman–Crippen MR) is 83.1 cm³/mol. The molecule has 1 rings (SSSR count). The molecule has 0 aliphatic rings. The Labute approximate surface area is 127 Å². The number of aldehydes is 1. The van der Waals surface area contributed by atoms with Crippen LogP contribution in [0.4, 0.5) is 4.79 Å². The van der Waals surface area contributed by atoms with E-state index >= 15 is 0 Å². The second kappa shape index (κ2) is 7.81. The minimum atomic E-state index is -0.550. The van der Waals surface area contributed by atoms with E-state index in [0.29, 0.717) is 6.54 Å². The Morgan fingerprint density at radius 1 is 1.29 bits per heavy atom. The number of benzene rings is 1. The zero-order valence-corrected chi connectivity index (χ0v) is 13.3. The fourth-order valence-corrected chi connectivity index (χ4v) is 2.15. The fourth-order valence-electron chi connectivity index (χ4n) is 2.15. The van der Waals surface area contributed by atoms with Crippen molar-refractivity contribution in [1.29, 1.82) is 0 Å². The molecule has 0 radical (unpaired) electrons. The quantitative estimate of drug-likeness (QED) is 0.745. The standard InChI is InChI=1S/C17H25NO3/c1-5-12-18(16(20)21-17(2,3)4)15(11-13-19)14-9-7-6-8-10-14/h6-10,13,15H,5,11-12H2,1-4H3. The molecule has 1 unspecified atom stereocenters. The highest BCUT2D eigenvalue weighted by Crippen LogP contribution is 2.25. The summed E-state index contributed by atoms with van der Waals surface area (Å²) in [7, 11) is 0. The van der Waals surface area contributed by atoms with Crippen LogP contribution in [0.15, 0.2) is 30.3 Å². The largest absolute Gasteiger partial charge is 0.444 e. The number of carbonyl (C=O) groups is 2. The van der Waals surface area contributed by atoms with Crippen molar-refractivity contribution in [3.63, 3.8) is 0 Å². The zero-order chi connectivity index (χ0) is 15.9. The maximum Gasteiger partial charge on any atom is 0.410 e. The van der Waals surface area contributed by atoms with Crippen LogP contribution in [0.1, 0.15) is 52.1 Å². The number of hydrogen-bond acceptors (Lipinski definition) is 3. The van der Waals surface area contributed by atoms with Gasteiger partial charge in [-0.1, -0.05) is 37.3 Å². The van der Waals surface area contributed by atoms with Gasteiger partial charge < -0.3 is 14.4 Å². The molecule has 0 N–H and O–H groups in total. The maximum absolute atomic E-state index is 12.4. The third kappa shape index (κ3) is 5.58. The molecule has 0 fully saturated rings. The normalized spacial score (nSPS) is 12.6. The van der Waals surface area contributed by atoms with E-state index in [-0.39, 0.29) is 18.6 Å². The van der Waals surface area contributed by atoms with Crippen LogP contribution in [0.3, 0.4) is 0 Å². The van der Waals surface area contributed by atoms with Gasteiger partial charge in [0.1, 0.15) is 11.9 Å². The van der Waals surface area contributed by atoms with Gasteiger partial charge in [-0.15, -0.1) is 0 Å². The van der Waals surface area contributed by atoms with Gasteiger partial charge in [0.15, 0.2) is 0 Å². The summed E-state index contributed by atoms with van der Waals surface area (Å²) in [5.41, 5.74) is 0.398. The highest BCUT2D eigenvalue weighted by molar-refractivity contribution is 5.69. The van der Waals surface area contributed by atoms with Gasteiger partial charge in [-0.3, -0.25) is 0 Å². The minimum Gasteiger partial charge on any atom is -0.444 e. The van der Waals surface area contributed by atoms with Crippen molar-refractivity contribution >= 4 is 12.4 Å². The van der Waals surface area contributed by atoms with Gasteiger partial charge in [0.25, 0.3) is 0 Å². The summed E-state index contributed by atoms with van der Waals surface area (Å²) in [4.78, 5) is 25.1. The summed E-state index contributed by atoms with van der Waals surface area (Å²) in [6.45, 7) is 8.08. The Bertz CT molecular complexity index is 451. The molecule has 0 saturated heterocycles. The Kier molecular flexibility index (Phi) is 6.40. The Morgan fingerprint density at radius 3 is 2.38 bits per heavy atom. The molecule has 116 valence electrons. The van der Waals surface area contributed by atoms with Crippen LogP contribution in [-0.2, 0) is 9.53 Å². The van der Waals surface area contributed by atoms with Crippen molar-refractivity contribution in [2.45, 2.75) is 52.2 Å². The molecule has 0 aliphatic heterocycles. The van der Waals surface area contributed by atoms with Crippen molar-refractivity contribution in [2.24, 2.45) is 0 Å². The van der Waals surface area contributed by atoms with Gasteiger partial charge >= 0.3 is 6.09 Å². The van der Waals surface area contributed by atoms with E-state index in [1.54, 1.807) is 4.90 Å². The minimum absolute atomic E-state index is 0.267. The third-order valence-corrected chi connectivity index (χ3v) is 2.97. The molecule has 0 bridgehead atoms. The summed E-state index contributed by atoms with van der Waals surface area (Å²) >= 11 is 0. The lowest BCUT2D eigenvalue weighted by Crippen LogP contribution is -2.40. The molecule has 1 atom stereocenters. The molecule has 4 nitrogen and oxygen atoms in total. The molecule has 0 aliphatic carbocycles. The van der Waals surface area contributed by atoms with Gasteiger partial charge in [-0.25, -0.2) is 4.79 Å². The highest BCUT2D eigenvalue weighted by atomic mass is 16.6. The molecule has 1 amide bonds. The van der Waals surface area contributed by atoms with E-state index in [2.05, 4.69) is 0 Å². The predicted octanol–water partition coefficient (Wildman–Crippen LogP) is 3.96. The number of ether oxygens (including phenoxy) is 1. The fraction of sp³-hybridized carbons (Fsp3) is 0.529. The number of rotatable bonds is 6. The van der Waals surface area contributed by atoms with Gasteiger partial charge in [0.05, 0.1) is 6.04 Å². The molecule has 4 heteroatoms. The third-order valence-electron chi connectivity index (χ3n) is 2.97. The Hall–Kier alpha value is -1.84. The molecule has 1 aromatic carbocycles. The zero-order valence-electron chi connectivity index (χ0n) is 13.3. The van der Waals surface area contributed by atoms with Crippen LogP contribution in [0.5, 0.6) is 0 Å². The summed E-state index contributed by atoms with van der Waals surface area (Å²) < 4.78 is 5.47. The molecule has 1 aromatic rings. The number of nitrogens with zero attached hydrogens (tertiary/aromatic N) is 1. The van der Waals surface area contributed by atoms with Crippen molar-refractivity contribution < 1.29 is 14.3 Å². The molecule has 0 aromatic heterocycles. The van der Waals surface area contributed by atoms with Crippen molar-refractivity contribution in [2.75, 3.05) is 6.54 Å². The van der Waals surface area contributed by atoms with E-state index in [1.807, 2.05) is 58.0 Å². The summed E-state index contributed by atoms with van der Waals surface area (Å²) in [5, 5.41) is 0.